The van der Waals surface area contributed by atoms with E-state index in [-0.39, 0.29) is 35.3 Å². The maximum absolute atomic E-state index is 13.0. The number of amides is 1. The molecule has 2 aromatic heterocycles. The minimum Gasteiger partial charge on any atom is -0.399 e. The monoisotopic (exact) mass is 463 g/mol. The predicted molar refractivity (Wildman–Crippen MR) is 111 cm³/mol. The summed E-state index contributed by atoms with van der Waals surface area (Å²) in [5, 5.41) is 8.09. The maximum atomic E-state index is 13.0. The van der Waals surface area contributed by atoms with Gasteiger partial charge in [-0.25, -0.2) is 4.68 Å². The molecule has 30 heavy (non-hydrogen) atoms. The van der Waals surface area contributed by atoms with Crippen molar-refractivity contribution in [3.8, 4) is 5.69 Å². The number of anilines is 1. The second-order valence-corrected chi connectivity index (χ2v) is 7.47. The quantitative estimate of drug-likeness (QED) is 0.297. The first-order valence-corrected chi connectivity index (χ1v) is 10.5. The fraction of sp³-hybridized carbons (Fsp3) is 0.444. The van der Waals surface area contributed by atoms with Gasteiger partial charge in [0.15, 0.2) is 10.9 Å². The van der Waals surface area contributed by atoms with Crippen molar-refractivity contribution < 1.29 is 22.8 Å². The Hall–Kier alpha value is -2.27. The third-order valence-electron chi connectivity index (χ3n) is 3.85. The molecule has 164 valence electrons. The Labute approximate surface area is 181 Å². The summed E-state index contributed by atoms with van der Waals surface area (Å²) in [6.07, 6.45) is -0.276. The molecular weight excluding hydrogens is 443 g/mol. The van der Waals surface area contributed by atoms with E-state index in [0.717, 1.165) is 0 Å². The number of halogens is 4. The lowest BCUT2D eigenvalue weighted by Crippen LogP contribution is -2.37. The number of pyridine rings is 1. The van der Waals surface area contributed by atoms with Crippen LogP contribution in [0.2, 0.25) is 5.15 Å². The van der Waals surface area contributed by atoms with Gasteiger partial charge < -0.3 is 9.74 Å². The third-order valence-corrected chi connectivity index (χ3v) is 5.17. The number of nitrogens with zero attached hydrogens (tertiary/aromatic N) is 5. The molecular formula is C18H21ClF3N5O2S. The predicted octanol–water partition coefficient (Wildman–Crippen LogP) is 4.35. The van der Waals surface area contributed by atoms with Crippen LogP contribution in [0.25, 0.3) is 5.69 Å². The Kier molecular flexibility index (Phi) is 8.97. The first-order chi connectivity index (χ1) is 14.3. The molecule has 0 bridgehead atoms. The molecule has 1 amide bonds. The molecule has 0 aliphatic rings. The standard InChI is InChI=1S/C18H21ClF3N5O2S/c1-3-26(15-11-27(24-16(15)19)13-6-4-8-23-10-13)17(28)14(25-29-2)12-30-9-5-7-18(20,21)22/h4,6,8,10-11H,3,5,7,9,12H2,1-2H3. The lowest BCUT2D eigenvalue weighted by molar-refractivity contribution is -0.134. The van der Waals surface area contributed by atoms with Gasteiger partial charge in [0.25, 0.3) is 5.91 Å². The Morgan fingerprint density at radius 3 is 2.80 bits per heavy atom. The lowest BCUT2D eigenvalue weighted by Gasteiger charge is -2.20. The zero-order valence-electron chi connectivity index (χ0n) is 16.4. The van der Waals surface area contributed by atoms with Crippen molar-refractivity contribution in [1.82, 2.24) is 14.8 Å². The molecule has 0 fully saturated rings. The van der Waals surface area contributed by atoms with E-state index in [4.69, 9.17) is 16.4 Å². The van der Waals surface area contributed by atoms with Gasteiger partial charge >= 0.3 is 6.18 Å². The molecule has 0 saturated heterocycles. The van der Waals surface area contributed by atoms with Gasteiger partial charge in [0.1, 0.15) is 12.8 Å². The van der Waals surface area contributed by atoms with Crippen LogP contribution < -0.4 is 4.90 Å². The van der Waals surface area contributed by atoms with E-state index in [1.165, 1.54) is 28.5 Å². The molecule has 0 radical (unpaired) electrons. The molecule has 0 saturated carbocycles. The van der Waals surface area contributed by atoms with Crippen molar-refractivity contribution in [2.45, 2.75) is 25.9 Å². The number of alkyl halides is 3. The van der Waals surface area contributed by atoms with E-state index in [0.29, 0.717) is 11.4 Å². The van der Waals surface area contributed by atoms with E-state index in [1.807, 2.05) is 0 Å². The highest BCUT2D eigenvalue weighted by atomic mass is 35.5. The van der Waals surface area contributed by atoms with Crippen LogP contribution in [0.4, 0.5) is 18.9 Å². The van der Waals surface area contributed by atoms with Crippen LogP contribution in [0.3, 0.4) is 0 Å². The van der Waals surface area contributed by atoms with Gasteiger partial charge in [0.05, 0.1) is 18.1 Å². The SMILES string of the molecule is CCN(C(=O)C(CSCCCC(F)(F)F)=NOC)c1cn(-c2cccnc2)nc1Cl. The fourth-order valence-electron chi connectivity index (χ4n) is 2.51. The van der Waals surface area contributed by atoms with E-state index < -0.39 is 18.5 Å². The number of oxime groups is 1. The Morgan fingerprint density at radius 2 is 2.20 bits per heavy atom. The highest BCUT2D eigenvalue weighted by molar-refractivity contribution is 8.00. The van der Waals surface area contributed by atoms with Crippen molar-refractivity contribution >= 4 is 40.7 Å². The van der Waals surface area contributed by atoms with E-state index >= 15 is 0 Å². The molecule has 0 spiro atoms. The topological polar surface area (TPSA) is 72.6 Å². The van der Waals surface area contributed by atoms with Crippen LogP contribution in [0, 0.1) is 0 Å². The zero-order valence-corrected chi connectivity index (χ0v) is 18.0. The summed E-state index contributed by atoms with van der Waals surface area (Å²) in [4.78, 5) is 23.2. The molecule has 0 atom stereocenters. The normalized spacial score (nSPS) is 12.1. The first-order valence-electron chi connectivity index (χ1n) is 8.98. The number of aromatic nitrogens is 3. The summed E-state index contributed by atoms with van der Waals surface area (Å²) in [6.45, 7) is 2.04. The molecule has 7 nitrogen and oxygen atoms in total. The smallest absolute Gasteiger partial charge is 0.389 e. The van der Waals surface area contributed by atoms with Gasteiger partial charge in [0, 0.05) is 24.9 Å². The van der Waals surface area contributed by atoms with Gasteiger partial charge in [0.2, 0.25) is 0 Å². The van der Waals surface area contributed by atoms with Crippen LogP contribution in [-0.4, -0.2) is 57.7 Å². The summed E-state index contributed by atoms with van der Waals surface area (Å²) in [5.41, 5.74) is 1.11. The molecule has 0 aromatic carbocycles. The summed E-state index contributed by atoms with van der Waals surface area (Å²) < 4.78 is 38.3. The van der Waals surface area contributed by atoms with Crippen LogP contribution in [-0.2, 0) is 9.63 Å². The summed E-state index contributed by atoms with van der Waals surface area (Å²) in [5.74, 6) is -0.119. The van der Waals surface area contributed by atoms with Crippen LogP contribution in [0.1, 0.15) is 19.8 Å². The molecule has 0 aliphatic heterocycles. The maximum Gasteiger partial charge on any atom is 0.389 e. The second-order valence-electron chi connectivity index (χ2n) is 6.00. The van der Waals surface area contributed by atoms with Gasteiger partial charge in [-0.05, 0) is 31.2 Å². The summed E-state index contributed by atoms with van der Waals surface area (Å²) in [6, 6.07) is 3.53. The molecule has 0 N–H and O–H groups in total. The molecule has 0 unspecified atom stereocenters. The third kappa shape index (κ3) is 6.91. The van der Waals surface area contributed by atoms with E-state index in [1.54, 1.807) is 37.6 Å². The van der Waals surface area contributed by atoms with Crippen LogP contribution in [0.5, 0.6) is 0 Å². The number of thioether (sulfide) groups is 1. The minimum absolute atomic E-state index is 0.0379. The Morgan fingerprint density at radius 1 is 1.43 bits per heavy atom. The van der Waals surface area contributed by atoms with Crippen molar-refractivity contribution in [1.29, 1.82) is 0 Å². The molecule has 2 heterocycles. The number of hydrogen-bond acceptors (Lipinski definition) is 6. The number of carbonyl (C=O) groups is 1. The Bertz CT molecular complexity index is 861. The second kappa shape index (κ2) is 11.2. The first kappa shape index (κ1) is 24.0. The average Bonchev–Trinajstić information content (AvgIpc) is 3.09. The number of carbonyl (C=O) groups excluding carboxylic acids is 1. The highest BCUT2D eigenvalue weighted by Gasteiger charge is 2.27. The Balaban J connectivity index is 2.11. The van der Waals surface area contributed by atoms with E-state index in [2.05, 4.69) is 15.2 Å². The molecule has 2 aromatic rings. The largest absolute Gasteiger partial charge is 0.399 e. The van der Waals surface area contributed by atoms with Crippen molar-refractivity contribution in [3.05, 3.63) is 35.9 Å². The van der Waals surface area contributed by atoms with Gasteiger partial charge in [-0.3, -0.25) is 9.78 Å². The highest BCUT2D eigenvalue weighted by Crippen LogP contribution is 2.27. The van der Waals surface area contributed by atoms with Gasteiger partial charge in [-0.15, -0.1) is 0 Å². The van der Waals surface area contributed by atoms with Crippen molar-refractivity contribution in [3.63, 3.8) is 0 Å². The summed E-state index contributed by atoms with van der Waals surface area (Å²) >= 11 is 7.43. The van der Waals surface area contributed by atoms with Crippen LogP contribution in [0.15, 0.2) is 35.9 Å². The van der Waals surface area contributed by atoms with Gasteiger partial charge in [-0.2, -0.15) is 30.0 Å². The van der Waals surface area contributed by atoms with Crippen LogP contribution >= 0.6 is 23.4 Å². The molecule has 0 aliphatic carbocycles. The van der Waals surface area contributed by atoms with E-state index in [9.17, 15) is 18.0 Å². The van der Waals surface area contributed by atoms with Gasteiger partial charge in [-0.1, -0.05) is 16.8 Å². The fourth-order valence-corrected chi connectivity index (χ4v) is 3.60. The van der Waals surface area contributed by atoms with Crippen molar-refractivity contribution in [2.24, 2.45) is 5.16 Å². The molecule has 12 heteroatoms. The number of rotatable bonds is 10. The number of hydrogen-bond donors (Lipinski definition) is 0. The average molecular weight is 464 g/mol. The van der Waals surface area contributed by atoms with Crippen molar-refractivity contribution in [2.75, 3.05) is 30.1 Å². The lowest BCUT2D eigenvalue weighted by atomic mass is 10.3. The zero-order chi connectivity index (χ0) is 22.1. The molecule has 2 rings (SSSR count). The summed E-state index contributed by atoms with van der Waals surface area (Å²) in [7, 11) is 1.30. The minimum atomic E-state index is -4.19.